The minimum Gasteiger partial charge on any atom is -0.463 e. The lowest BCUT2D eigenvalue weighted by Gasteiger charge is -2.45. The Balaban J connectivity index is 1.67. The molecule has 0 saturated heterocycles. The Morgan fingerprint density at radius 2 is 1.97 bits per heavy atom. The highest BCUT2D eigenvalue weighted by Crippen LogP contribution is 2.34. The van der Waals surface area contributed by atoms with Gasteiger partial charge < -0.3 is 19.2 Å². The smallest absolute Gasteiger partial charge is 0.271 e. The third kappa shape index (κ3) is 3.61. The summed E-state index contributed by atoms with van der Waals surface area (Å²) in [4.78, 5) is 28.7. The van der Waals surface area contributed by atoms with Crippen molar-refractivity contribution in [3.05, 3.63) is 36.2 Å². The molecule has 6 heteroatoms. The Bertz CT molecular complexity index is 864. The molecule has 1 aliphatic heterocycles. The molecule has 0 radical (unpaired) electrons. The predicted molar refractivity (Wildman–Crippen MR) is 111 cm³/mol. The van der Waals surface area contributed by atoms with Crippen molar-refractivity contribution in [3.63, 3.8) is 0 Å². The molecule has 1 fully saturated rings. The summed E-state index contributed by atoms with van der Waals surface area (Å²) >= 11 is 0. The van der Waals surface area contributed by atoms with Crippen molar-refractivity contribution in [2.24, 2.45) is 0 Å². The summed E-state index contributed by atoms with van der Waals surface area (Å²) in [5, 5.41) is 3.26. The van der Waals surface area contributed by atoms with E-state index in [0.29, 0.717) is 24.5 Å². The number of unbranched alkanes of at least 4 members (excludes halogenated alkanes) is 1. The third-order valence-corrected chi connectivity index (χ3v) is 6.45. The first kappa shape index (κ1) is 19.8. The van der Waals surface area contributed by atoms with Crippen LogP contribution in [0.5, 0.6) is 0 Å². The average Bonchev–Trinajstić information content (AvgIpc) is 3.38. The van der Waals surface area contributed by atoms with E-state index in [1.54, 1.807) is 11.2 Å². The normalized spacial score (nSPS) is 22.6. The molecule has 0 spiro atoms. The molecule has 29 heavy (non-hydrogen) atoms. The fourth-order valence-electron chi connectivity index (χ4n) is 4.67. The van der Waals surface area contributed by atoms with Crippen LogP contribution in [0.1, 0.15) is 69.3 Å². The van der Waals surface area contributed by atoms with Gasteiger partial charge in [0.1, 0.15) is 17.0 Å². The molecule has 1 saturated carbocycles. The zero-order valence-electron chi connectivity index (χ0n) is 17.4. The van der Waals surface area contributed by atoms with Crippen LogP contribution in [-0.4, -0.2) is 39.4 Å². The molecule has 1 N–H and O–H groups in total. The lowest BCUT2D eigenvalue weighted by Crippen LogP contribution is -2.65. The summed E-state index contributed by atoms with van der Waals surface area (Å²) in [5.74, 6) is 0.587. The number of nitrogens with zero attached hydrogens (tertiary/aromatic N) is 2. The molecule has 1 atom stereocenters. The topological polar surface area (TPSA) is 67.5 Å². The fourth-order valence-corrected chi connectivity index (χ4v) is 4.67. The van der Waals surface area contributed by atoms with Crippen LogP contribution in [-0.2, 0) is 11.3 Å². The standard InChI is InChI=1S/C23H31N3O3/c1-3-4-14-26-21(27)19-13-12-18(20-11-8-15-29-20)25(19)16-23(26,2)22(28)24-17-9-6-5-7-10-17/h8,11-13,15,17H,3-7,9-10,14,16H2,1-2H3,(H,24,28). The minimum absolute atomic E-state index is 0.0430. The average molecular weight is 398 g/mol. The number of rotatable bonds is 6. The molecule has 3 heterocycles. The lowest BCUT2D eigenvalue weighted by atomic mass is 9.91. The Morgan fingerprint density at radius 3 is 2.66 bits per heavy atom. The summed E-state index contributed by atoms with van der Waals surface area (Å²) in [6, 6.07) is 7.69. The number of hydrogen-bond acceptors (Lipinski definition) is 3. The molecular formula is C23H31N3O3. The van der Waals surface area contributed by atoms with Crippen molar-refractivity contribution >= 4 is 11.8 Å². The van der Waals surface area contributed by atoms with Crippen LogP contribution >= 0.6 is 0 Å². The highest BCUT2D eigenvalue weighted by Gasteiger charge is 2.48. The lowest BCUT2D eigenvalue weighted by molar-refractivity contribution is -0.133. The molecule has 156 valence electrons. The molecular weight excluding hydrogens is 366 g/mol. The summed E-state index contributed by atoms with van der Waals surface area (Å²) in [5.41, 5.74) is 0.539. The van der Waals surface area contributed by atoms with Crippen molar-refractivity contribution < 1.29 is 14.0 Å². The number of nitrogens with one attached hydrogen (secondary N) is 1. The summed E-state index contributed by atoms with van der Waals surface area (Å²) < 4.78 is 7.52. The van der Waals surface area contributed by atoms with Gasteiger partial charge in [0.25, 0.3) is 5.91 Å². The van der Waals surface area contributed by atoms with Gasteiger partial charge in [-0.25, -0.2) is 0 Å². The van der Waals surface area contributed by atoms with E-state index in [2.05, 4.69) is 12.2 Å². The van der Waals surface area contributed by atoms with Crippen molar-refractivity contribution in [3.8, 4) is 11.5 Å². The second-order valence-electron chi connectivity index (χ2n) is 8.56. The Labute approximate surface area is 172 Å². The fraction of sp³-hybridized carbons (Fsp3) is 0.565. The van der Waals surface area contributed by atoms with E-state index in [1.165, 1.54) is 6.42 Å². The molecule has 4 rings (SSSR count). The van der Waals surface area contributed by atoms with Crippen LogP contribution in [0.4, 0.5) is 0 Å². The van der Waals surface area contributed by atoms with E-state index in [9.17, 15) is 9.59 Å². The number of amides is 2. The number of aromatic nitrogens is 1. The first-order valence-corrected chi connectivity index (χ1v) is 10.9. The second kappa shape index (κ2) is 8.09. The highest BCUT2D eigenvalue weighted by molar-refractivity contribution is 6.00. The van der Waals surface area contributed by atoms with Crippen LogP contribution in [0.2, 0.25) is 0 Å². The van der Waals surface area contributed by atoms with Crippen LogP contribution in [0.3, 0.4) is 0 Å². The van der Waals surface area contributed by atoms with Gasteiger partial charge in [0.05, 0.1) is 18.5 Å². The number of carbonyl (C=O) groups excluding carboxylic acids is 2. The zero-order chi connectivity index (χ0) is 20.4. The maximum absolute atomic E-state index is 13.5. The van der Waals surface area contributed by atoms with Crippen LogP contribution < -0.4 is 5.32 Å². The number of hydrogen-bond donors (Lipinski definition) is 1. The summed E-state index contributed by atoms with van der Waals surface area (Å²) in [6.07, 6.45) is 9.09. The van der Waals surface area contributed by atoms with Crippen molar-refractivity contribution in [1.82, 2.24) is 14.8 Å². The summed E-state index contributed by atoms with van der Waals surface area (Å²) in [6.45, 7) is 5.03. The van der Waals surface area contributed by atoms with Gasteiger partial charge in [-0.15, -0.1) is 0 Å². The molecule has 0 aromatic carbocycles. The van der Waals surface area contributed by atoms with Gasteiger partial charge in [-0.2, -0.15) is 0 Å². The van der Waals surface area contributed by atoms with Crippen molar-refractivity contribution in [2.45, 2.75) is 76.9 Å². The van der Waals surface area contributed by atoms with Crippen LogP contribution in [0.25, 0.3) is 11.5 Å². The third-order valence-electron chi connectivity index (χ3n) is 6.45. The second-order valence-corrected chi connectivity index (χ2v) is 8.56. The molecule has 2 aromatic rings. The van der Waals surface area contributed by atoms with E-state index in [0.717, 1.165) is 44.2 Å². The van der Waals surface area contributed by atoms with Crippen LogP contribution in [0, 0.1) is 0 Å². The van der Waals surface area contributed by atoms with Crippen molar-refractivity contribution in [2.75, 3.05) is 6.54 Å². The number of furan rings is 1. The molecule has 2 amide bonds. The van der Waals surface area contributed by atoms with Crippen LogP contribution in [0.15, 0.2) is 34.9 Å². The van der Waals surface area contributed by atoms with Gasteiger partial charge in [0, 0.05) is 12.6 Å². The largest absolute Gasteiger partial charge is 0.463 e. The first-order valence-electron chi connectivity index (χ1n) is 10.9. The van der Waals surface area contributed by atoms with E-state index in [1.807, 2.05) is 35.8 Å². The predicted octanol–water partition coefficient (Wildman–Crippen LogP) is 4.21. The maximum atomic E-state index is 13.5. The van der Waals surface area contributed by atoms with Gasteiger partial charge in [0.2, 0.25) is 5.91 Å². The number of carbonyl (C=O) groups is 2. The van der Waals surface area contributed by atoms with Gasteiger partial charge in [-0.3, -0.25) is 9.59 Å². The van der Waals surface area contributed by atoms with Gasteiger partial charge in [0.15, 0.2) is 0 Å². The maximum Gasteiger partial charge on any atom is 0.271 e. The molecule has 1 aliphatic carbocycles. The quantitative estimate of drug-likeness (QED) is 0.794. The highest BCUT2D eigenvalue weighted by atomic mass is 16.3. The van der Waals surface area contributed by atoms with Crippen molar-refractivity contribution in [1.29, 1.82) is 0 Å². The van der Waals surface area contributed by atoms with Gasteiger partial charge in [-0.05, 0) is 50.5 Å². The molecule has 0 bridgehead atoms. The van der Waals surface area contributed by atoms with E-state index >= 15 is 0 Å². The first-order chi connectivity index (χ1) is 14.0. The monoisotopic (exact) mass is 397 g/mol. The minimum atomic E-state index is -0.920. The van der Waals surface area contributed by atoms with Gasteiger partial charge >= 0.3 is 0 Å². The molecule has 6 nitrogen and oxygen atoms in total. The Morgan fingerprint density at radius 1 is 1.21 bits per heavy atom. The van der Waals surface area contributed by atoms with E-state index in [4.69, 9.17) is 4.42 Å². The van der Waals surface area contributed by atoms with E-state index in [-0.39, 0.29) is 17.9 Å². The van der Waals surface area contributed by atoms with Gasteiger partial charge in [-0.1, -0.05) is 32.6 Å². The Kier molecular flexibility index (Phi) is 5.52. The molecule has 2 aliphatic rings. The van der Waals surface area contributed by atoms with E-state index < -0.39 is 5.54 Å². The zero-order valence-corrected chi connectivity index (χ0v) is 17.4. The molecule has 1 unspecified atom stereocenters. The molecule has 2 aromatic heterocycles. The number of fused-ring (bicyclic) bond motifs is 1. The Hall–Kier alpha value is -2.50. The SMILES string of the molecule is CCCCN1C(=O)c2ccc(-c3ccco3)n2CC1(C)C(=O)NC1CCCCC1. The summed E-state index contributed by atoms with van der Waals surface area (Å²) in [7, 11) is 0.